The van der Waals surface area contributed by atoms with Crippen LogP contribution in [-0.2, 0) is 4.79 Å². The maximum atomic E-state index is 12.8. The van der Waals surface area contributed by atoms with Crippen molar-refractivity contribution in [1.82, 2.24) is 10.6 Å². The third-order valence-corrected chi connectivity index (χ3v) is 7.25. The van der Waals surface area contributed by atoms with Gasteiger partial charge in [0.25, 0.3) is 11.8 Å². The van der Waals surface area contributed by atoms with E-state index in [9.17, 15) is 24.6 Å². The van der Waals surface area contributed by atoms with Crippen molar-refractivity contribution in [2.24, 2.45) is 0 Å². The summed E-state index contributed by atoms with van der Waals surface area (Å²) in [6.45, 7) is -1.72. The number of hydrogen-bond acceptors (Lipinski definition) is 8. The molecule has 180 valence electrons. The van der Waals surface area contributed by atoms with Crippen LogP contribution < -0.4 is 16.0 Å². The fraction of sp³-hybridized carbons (Fsp3) is 0.500. The Morgan fingerprint density at radius 3 is 1.59 bits per heavy atom. The fourth-order valence-corrected chi connectivity index (χ4v) is 6.76. The van der Waals surface area contributed by atoms with Crippen molar-refractivity contribution in [1.29, 1.82) is 0 Å². The first-order valence-electron chi connectivity index (χ1n) is 9.34. The largest absolute Gasteiger partial charge is 0.396 e. The Hall–Kier alpha value is -0.380. The molecule has 2 atom stereocenters. The monoisotopic (exact) mass is 791 g/mol. The molecular formula is C18H24I3N3O8. The number of rotatable bonds is 12. The van der Waals surface area contributed by atoms with Gasteiger partial charge in [-0.05, 0) is 74.2 Å². The van der Waals surface area contributed by atoms with Gasteiger partial charge in [-0.2, -0.15) is 0 Å². The van der Waals surface area contributed by atoms with Crippen LogP contribution in [-0.4, -0.2) is 88.4 Å². The van der Waals surface area contributed by atoms with Gasteiger partial charge in [0.05, 0.1) is 49.4 Å². The summed E-state index contributed by atoms with van der Waals surface area (Å²) in [4.78, 5) is 38.0. The highest BCUT2D eigenvalue weighted by molar-refractivity contribution is 14.1. The molecule has 0 saturated carbocycles. The molecule has 0 saturated heterocycles. The van der Waals surface area contributed by atoms with Crippen LogP contribution >= 0.6 is 67.8 Å². The number of aliphatic hydroxyl groups is 5. The van der Waals surface area contributed by atoms with Crippen molar-refractivity contribution in [2.45, 2.75) is 25.0 Å². The third-order valence-electron chi connectivity index (χ3n) is 4.02. The Balaban J connectivity index is 3.46. The number of carbonyl (C=O) groups is 3. The molecular weight excluding hydrogens is 767 g/mol. The van der Waals surface area contributed by atoms with Crippen LogP contribution in [0.5, 0.6) is 0 Å². The lowest BCUT2D eigenvalue weighted by Crippen LogP contribution is -2.37. The second-order valence-corrected chi connectivity index (χ2v) is 9.77. The molecule has 1 rings (SSSR count). The smallest absolute Gasteiger partial charge is 0.253 e. The van der Waals surface area contributed by atoms with Gasteiger partial charge in [0.15, 0.2) is 0 Å². The number of nitrogens with one attached hydrogen (secondary N) is 3. The van der Waals surface area contributed by atoms with Crippen molar-refractivity contribution >= 4 is 91.2 Å². The molecule has 1 aromatic rings. The number of benzene rings is 1. The number of anilines is 1. The highest BCUT2D eigenvalue weighted by Gasteiger charge is 2.29. The Kier molecular flexibility index (Phi) is 13.7. The molecule has 0 fully saturated rings. The topological polar surface area (TPSA) is 188 Å². The first-order valence-corrected chi connectivity index (χ1v) is 12.6. The number of halogens is 3. The van der Waals surface area contributed by atoms with E-state index < -0.39 is 43.1 Å². The maximum Gasteiger partial charge on any atom is 0.253 e. The standard InChI is InChI=1S/C18H24I3N3O8/c19-13-11(17(31)22-4-8(28)6-26)14(20)16(24-10(30)2-1-3-25)15(21)12(13)18(32)23-5-9(29)7-27/h8-9,25-29H,1-7H2,(H,22,31)(H,23,32)(H,24,30). The van der Waals surface area contributed by atoms with Crippen LogP contribution in [0.3, 0.4) is 0 Å². The van der Waals surface area contributed by atoms with E-state index in [4.69, 9.17) is 15.3 Å². The predicted octanol–water partition coefficient (Wildman–Crippen LogP) is -0.623. The van der Waals surface area contributed by atoms with Crippen LogP contribution in [0.25, 0.3) is 0 Å². The minimum atomic E-state index is -1.17. The molecule has 0 bridgehead atoms. The molecule has 0 spiro atoms. The van der Waals surface area contributed by atoms with Crippen LogP contribution in [0.15, 0.2) is 0 Å². The van der Waals surface area contributed by atoms with Gasteiger partial charge < -0.3 is 41.5 Å². The molecule has 0 aliphatic carbocycles. The number of amides is 3. The third kappa shape index (κ3) is 8.44. The van der Waals surface area contributed by atoms with Gasteiger partial charge in [-0.25, -0.2) is 0 Å². The molecule has 14 heteroatoms. The number of carbonyl (C=O) groups excluding carboxylic acids is 3. The zero-order valence-electron chi connectivity index (χ0n) is 16.7. The van der Waals surface area contributed by atoms with E-state index in [1.54, 1.807) is 0 Å². The predicted molar refractivity (Wildman–Crippen MR) is 140 cm³/mol. The van der Waals surface area contributed by atoms with Crippen molar-refractivity contribution in [3.05, 3.63) is 21.8 Å². The van der Waals surface area contributed by atoms with Crippen LogP contribution in [0, 0.1) is 10.7 Å². The van der Waals surface area contributed by atoms with E-state index in [0.29, 0.717) is 7.14 Å². The molecule has 2 unspecified atom stereocenters. The molecule has 0 aliphatic heterocycles. The molecule has 11 nitrogen and oxygen atoms in total. The molecule has 0 radical (unpaired) electrons. The average Bonchev–Trinajstić information content (AvgIpc) is 2.76. The molecule has 0 aromatic heterocycles. The van der Waals surface area contributed by atoms with Gasteiger partial charge in [0.1, 0.15) is 0 Å². The Morgan fingerprint density at radius 2 is 1.22 bits per heavy atom. The van der Waals surface area contributed by atoms with Crippen molar-refractivity contribution in [2.75, 3.05) is 38.2 Å². The lowest BCUT2D eigenvalue weighted by atomic mass is 10.1. The van der Waals surface area contributed by atoms with Crippen LogP contribution in [0.2, 0.25) is 0 Å². The average molecular weight is 791 g/mol. The zero-order chi connectivity index (χ0) is 24.4. The van der Waals surface area contributed by atoms with Gasteiger partial charge >= 0.3 is 0 Å². The lowest BCUT2D eigenvalue weighted by Gasteiger charge is -2.20. The van der Waals surface area contributed by atoms with E-state index in [1.165, 1.54) is 0 Å². The van der Waals surface area contributed by atoms with Crippen molar-refractivity contribution in [3.8, 4) is 0 Å². The quantitative estimate of drug-likeness (QED) is 0.129. The van der Waals surface area contributed by atoms with Crippen molar-refractivity contribution < 1.29 is 39.9 Å². The molecule has 0 heterocycles. The maximum absolute atomic E-state index is 12.8. The molecule has 0 aliphatic rings. The Bertz CT molecular complexity index is 787. The van der Waals surface area contributed by atoms with Crippen LogP contribution in [0.4, 0.5) is 5.69 Å². The molecule has 8 N–H and O–H groups in total. The van der Waals surface area contributed by atoms with Gasteiger partial charge in [0.2, 0.25) is 5.91 Å². The second-order valence-electron chi connectivity index (χ2n) is 6.54. The molecule has 32 heavy (non-hydrogen) atoms. The van der Waals surface area contributed by atoms with Crippen molar-refractivity contribution in [3.63, 3.8) is 0 Å². The SMILES string of the molecule is O=C(CCCO)Nc1c(I)c(C(=O)NCC(O)CO)c(I)c(C(=O)NCC(O)CO)c1I. The summed E-state index contributed by atoms with van der Waals surface area (Å²) in [7, 11) is 0. The van der Waals surface area contributed by atoms with E-state index in [1.807, 2.05) is 67.8 Å². The first kappa shape index (κ1) is 29.7. The van der Waals surface area contributed by atoms with E-state index in [2.05, 4.69) is 16.0 Å². The normalized spacial score (nSPS) is 12.8. The second kappa shape index (κ2) is 14.8. The molecule has 1 aromatic carbocycles. The summed E-state index contributed by atoms with van der Waals surface area (Å²) in [5.74, 6) is -1.67. The van der Waals surface area contributed by atoms with Gasteiger partial charge in [-0.3, -0.25) is 14.4 Å². The first-order chi connectivity index (χ1) is 15.1. The Labute approximate surface area is 225 Å². The summed E-state index contributed by atoms with van der Waals surface area (Å²) in [6.07, 6.45) is -2.07. The zero-order valence-corrected chi connectivity index (χ0v) is 23.2. The minimum absolute atomic E-state index is 0.0308. The summed E-state index contributed by atoms with van der Waals surface area (Å²) in [5, 5.41) is 53.5. The lowest BCUT2D eigenvalue weighted by molar-refractivity contribution is -0.116. The van der Waals surface area contributed by atoms with E-state index >= 15 is 0 Å². The summed E-state index contributed by atoms with van der Waals surface area (Å²) < 4.78 is 0.991. The van der Waals surface area contributed by atoms with E-state index in [0.717, 1.165) is 0 Å². The van der Waals surface area contributed by atoms with Gasteiger partial charge in [-0.15, -0.1) is 0 Å². The summed E-state index contributed by atoms with van der Waals surface area (Å²) in [6, 6.07) is 0. The fourth-order valence-electron chi connectivity index (χ4n) is 2.34. The molecule has 3 amide bonds. The Morgan fingerprint density at radius 1 is 0.781 bits per heavy atom. The van der Waals surface area contributed by atoms with Gasteiger partial charge in [0, 0.05) is 29.7 Å². The summed E-state index contributed by atoms with van der Waals surface area (Å²) >= 11 is 5.57. The van der Waals surface area contributed by atoms with Crippen LogP contribution in [0.1, 0.15) is 33.6 Å². The highest BCUT2D eigenvalue weighted by atomic mass is 127. The highest BCUT2D eigenvalue weighted by Crippen LogP contribution is 2.36. The van der Waals surface area contributed by atoms with E-state index in [-0.39, 0.29) is 52.9 Å². The van der Waals surface area contributed by atoms with Gasteiger partial charge in [-0.1, -0.05) is 0 Å². The minimum Gasteiger partial charge on any atom is -0.396 e. The summed E-state index contributed by atoms with van der Waals surface area (Å²) in [5.41, 5.74) is 0.402. The number of aliphatic hydroxyl groups excluding tert-OH is 5. The number of hydrogen-bond donors (Lipinski definition) is 8.